The van der Waals surface area contributed by atoms with Gasteiger partial charge in [0.15, 0.2) is 0 Å². The number of β-amino-alcohol motifs (C(OH)–C–C–N with tert-alkyl or cyclic N) is 1. The highest BCUT2D eigenvalue weighted by atomic mass is 35.5. The number of aliphatic hydroxyl groups is 1. The lowest BCUT2D eigenvalue weighted by Crippen LogP contribution is -2.59. The summed E-state index contributed by atoms with van der Waals surface area (Å²) in [4.78, 5) is 2.33. The molecule has 23 heavy (non-hydrogen) atoms. The van der Waals surface area contributed by atoms with E-state index in [1.54, 1.807) is 0 Å². The first-order valence-corrected chi connectivity index (χ1v) is 8.48. The van der Waals surface area contributed by atoms with Crippen LogP contribution in [0.5, 0.6) is 0 Å². The third kappa shape index (κ3) is 3.03. The zero-order chi connectivity index (χ0) is 16.8. The second kappa shape index (κ2) is 5.94. The average Bonchev–Trinajstić information content (AvgIpc) is 2.43. The molecule has 3 heteroatoms. The second-order valence-electron chi connectivity index (χ2n) is 6.93. The van der Waals surface area contributed by atoms with Gasteiger partial charge in [0.25, 0.3) is 0 Å². The van der Waals surface area contributed by atoms with Crippen LogP contribution < -0.4 is 0 Å². The van der Waals surface area contributed by atoms with E-state index in [2.05, 4.69) is 44.7 Å². The summed E-state index contributed by atoms with van der Waals surface area (Å²) < 4.78 is 0. The van der Waals surface area contributed by atoms with E-state index >= 15 is 0 Å². The largest absolute Gasteiger partial charge is 0.382 e. The molecule has 0 aromatic heterocycles. The molecule has 1 saturated heterocycles. The molecule has 122 valence electrons. The van der Waals surface area contributed by atoms with Crippen molar-refractivity contribution < 1.29 is 5.11 Å². The molecule has 1 atom stereocenters. The van der Waals surface area contributed by atoms with E-state index in [-0.39, 0.29) is 0 Å². The Bertz CT molecular complexity index is 694. The van der Waals surface area contributed by atoms with Gasteiger partial charge in [-0.1, -0.05) is 41.4 Å². The van der Waals surface area contributed by atoms with Crippen LogP contribution in [0.1, 0.15) is 40.8 Å². The van der Waals surface area contributed by atoms with Crippen LogP contribution in [-0.2, 0) is 5.60 Å². The fourth-order valence-electron chi connectivity index (χ4n) is 3.87. The summed E-state index contributed by atoms with van der Waals surface area (Å²) in [5.41, 5.74) is 5.54. The highest BCUT2D eigenvalue weighted by Crippen LogP contribution is 2.39. The minimum absolute atomic E-state index is 0.308. The van der Waals surface area contributed by atoms with Gasteiger partial charge < -0.3 is 5.11 Å². The quantitative estimate of drug-likeness (QED) is 0.894. The lowest BCUT2D eigenvalue weighted by atomic mass is 9.83. The van der Waals surface area contributed by atoms with Gasteiger partial charge in [-0.25, -0.2) is 0 Å². The summed E-state index contributed by atoms with van der Waals surface area (Å²) in [6.45, 7) is 10.0. The molecule has 1 aliphatic heterocycles. The summed E-state index contributed by atoms with van der Waals surface area (Å²) in [6, 6.07) is 12.3. The van der Waals surface area contributed by atoms with Crippen LogP contribution in [0.2, 0.25) is 5.02 Å². The number of likely N-dealkylation sites (tertiary alicyclic amines) is 1. The summed E-state index contributed by atoms with van der Waals surface area (Å²) in [5.74, 6) is 0. The van der Waals surface area contributed by atoms with Gasteiger partial charge >= 0.3 is 0 Å². The van der Waals surface area contributed by atoms with E-state index in [0.717, 1.165) is 5.56 Å². The Morgan fingerprint density at radius 3 is 2.09 bits per heavy atom. The second-order valence-corrected chi connectivity index (χ2v) is 7.37. The summed E-state index contributed by atoms with van der Waals surface area (Å²) in [7, 11) is 0. The molecule has 0 bridgehead atoms. The predicted octanol–water partition coefficient (Wildman–Crippen LogP) is 4.53. The van der Waals surface area contributed by atoms with E-state index in [9.17, 15) is 5.11 Å². The highest BCUT2D eigenvalue weighted by Gasteiger charge is 2.44. The van der Waals surface area contributed by atoms with Crippen LogP contribution in [0.3, 0.4) is 0 Å². The summed E-state index contributed by atoms with van der Waals surface area (Å²) >= 11 is 5.94. The molecule has 1 unspecified atom stereocenters. The first kappa shape index (κ1) is 16.5. The van der Waals surface area contributed by atoms with Crippen LogP contribution in [0.15, 0.2) is 36.4 Å². The van der Waals surface area contributed by atoms with Crippen molar-refractivity contribution in [2.45, 2.75) is 39.3 Å². The fraction of sp³-hybridized carbons (Fsp3) is 0.400. The Morgan fingerprint density at radius 2 is 1.57 bits per heavy atom. The van der Waals surface area contributed by atoms with Gasteiger partial charge in [-0.3, -0.25) is 4.90 Å². The Hall–Kier alpha value is -1.35. The maximum atomic E-state index is 10.8. The highest BCUT2D eigenvalue weighted by molar-refractivity contribution is 6.30. The monoisotopic (exact) mass is 329 g/mol. The van der Waals surface area contributed by atoms with Crippen molar-refractivity contribution >= 4 is 11.6 Å². The van der Waals surface area contributed by atoms with Crippen molar-refractivity contribution in [3.8, 4) is 0 Å². The van der Waals surface area contributed by atoms with Gasteiger partial charge in [0.2, 0.25) is 0 Å². The zero-order valence-corrected chi connectivity index (χ0v) is 15.0. The third-order valence-electron chi connectivity index (χ3n) is 5.01. The van der Waals surface area contributed by atoms with Crippen LogP contribution in [0.4, 0.5) is 0 Å². The molecule has 2 nitrogen and oxygen atoms in total. The SMILES string of the molecule is Cc1cc(C)c(C(C)N2CC(O)(c3ccc(Cl)cc3)C2)c(C)c1. The van der Waals surface area contributed by atoms with E-state index in [4.69, 9.17) is 11.6 Å². The number of benzene rings is 2. The number of halogens is 1. The molecule has 0 aliphatic carbocycles. The predicted molar refractivity (Wildman–Crippen MR) is 96.0 cm³/mol. The van der Waals surface area contributed by atoms with E-state index < -0.39 is 5.60 Å². The Morgan fingerprint density at radius 1 is 1.04 bits per heavy atom. The average molecular weight is 330 g/mol. The smallest absolute Gasteiger partial charge is 0.115 e. The van der Waals surface area contributed by atoms with Crippen LogP contribution in [-0.4, -0.2) is 23.1 Å². The molecule has 1 fully saturated rings. The maximum Gasteiger partial charge on any atom is 0.115 e. The van der Waals surface area contributed by atoms with E-state index in [1.807, 2.05) is 24.3 Å². The van der Waals surface area contributed by atoms with Gasteiger partial charge in [0, 0.05) is 24.2 Å². The third-order valence-corrected chi connectivity index (χ3v) is 5.27. The van der Waals surface area contributed by atoms with E-state index in [1.165, 1.54) is 22.3 Å². The van der Waals surface area contributed by atoms with Gasteiger partial charge in [0.1, 0.15) is 5.60 Å². The molecule has 0 radical (unpaired) electrons. The van der Waals surface area contributed by atoms with Gasteiger partial charge in [0.05, 0.1) is 0 Å². The molecular formula is C20H24ClNO. The van der Waals surface area contributed by atoms with Crippen molar-refractivity contribution in [3.05, 3.63) is 69.2 Å². The minimum atomic E-state index is -0.759. The van der Waals surface area contributed by atoms with Gasteiger partial charge in [-0.15, -0.1) is 0 Å². The van der Waals surface area contributed by atoms with Crippen molar-refractivity contribution in [2.24, 2.45) is 0 Å². The van der Waals surface area contributed by atoms with E-state index in [0.29, 0.717) is 24.2 Å². The van der Waals surface area contributed by atoms with Crippen molar-refractivity contribution in [1.82, 2.24) is 4.90 Å². The standard InChI is InChI=1S/C20H24ClNO/c1-13-9-14(2)19(15(3)10-13)16(4)22-11-20(23,12-22)17-5-7-18(21)8-6-17/h5-10,16,23H,11-12H2,1-4H3. The lowest BCUT2D eigenvalue weighted by Gasteiger charge is -2.50. The molecule has 0 spiro atoms. The maximum absolute atomic E-state index is 10.8. The van der Waals surface area contributed by atoms with Crippen LogP contribution >= 0.6 is 11.6 Å². The first-order valence-electron chi connectivity index (χ1n) is 8.10. The van der Waals surface area contributed by atoms with Gasteiger partial charge in [-0.2, -0.15) is 0 Å². The molecule has 0 amide bonds. The Balaban J connectivity index is 1.77. The molecule has 0 saturated carbocycles. The normalized spacial score (nSPS) is 18.5. The molecule has 2 aromatic rings. The molecule has 3 rings (SSSR count). The van der Waals surface area contributed by atoms with Crippen molar-refractivity contribution in [3.63, 3.8) is 0 Å². The number of hydrogen-bond acceptors (Lipinski definition) is 2. The minimum Gasteiger partial charge on any atom is -0.382 e. The topological polar surface area (TPSA) is 23.5 Å². The lowest BCUT2D eigenvalue weighted by molar-refractivity contribution is -0.120. The fourth-order valence-corrected chi connectivity index (χ4v) is 4.00. The van der Waals surface area contributed by atoms with Crippen molar-refractivity contribution in [1.29, 1.82) is 0 Å². The van der Waals surface area contributed by atoms with Crippen molar-refractivity contribution in [2.75, 3.05) is 13.1 Å². The summed E-state index contributed by atoms with van der Waals surface area (Å²) in [6.07, 6.45) is 0. The van der Waals surface area contributed by atoms with Crippen LogP contribution in [0.25, 0.3) is 0 Å². The Labute approximate surface area is 143 Å². The molecule has 2 aromatic carbocycles. The van der Waals surface area contributed by atoms with Crippen LogP contribution in [0, 0.1) is 20.8 Å². The molecule has 1 aliphatic rings. The first-order chi connectivity index (χ1) is 10.8. The number of rotatable bonds is 3. The summed E-state index contributed by atoms with van der Waals surface area (Å²) in [5, 5.41) is 11.5. The number of aryl methyl sites for hydroxylation is 3. The number of hydrogen-bond donors (Lipinski definition) is 1. The molecule has 1 heterocycles. The molecular weight excluding hydrogens is 306 g/mol. The zero-order valence-electron chi connectivity index (χ0n) is 14.2. The van der Waals surface area contributed by atoms with Gasteiger partial charge in [-0.05, 0) is 62.1 Å². The molecule has 1 N–H and O–H groups in total. The number of nitrogens with zero attached hydrogens (tertiary/aromatic N) is 1. The Kier molecular flexibility index (Phi) is 4.26.